The lowest BCUT2D eigenvalue weighted by Gasteiger charge is -2.25. The summed E-state index contributed by atoms with van der Waals surface area (Å²) in [6.45, 7) is 6.42. The average Bonchev–Trinajstić information content (AvgIpc) is 2.29. The van der Waals surface area contributed by atoms with Crippen molar-refractivity contribution >= 4 is 0 Å². The SMILES string of the molecule is CCc1nc(C2CNC2)c(C)[nH]1. The van der Waals surface area contributed by atoms with Gasteiger partial charge in [0, 0.05) is 31.1 Å². The molecule has 0 aromatic carbocycles. The van der Waals surface area contributed by atoms with Gasteiger partial charge in [0.15, 0.2) is 0 Å². The largest absolute Gasteiger partial charge is 0.346 e. The van der Waals surface area contributed by atoms with Crippen LogP contribution in [0.25, 0.3) is 0 Å². The van der Waals surface area contributed by atoms with E-state index in [1.807, 2.05) is 0 Å². The number of rotatable bonds is 2. The third kappa shape index (κ3) is 1.14. The van der Waals surface area contributed by atoms with E-state index in [-0.39, 0.29) is 0 Å². The van der Waals surface area contributed by atoms with Crippen molar-refractivity contribution in [3.05, 3.63) is 17.2 Å². The van der Waals surface area contributed by atoms with Crippen molar-refractivity contribution < 1.29 is 0 Å². The van der Waals surface area contributed by atoms with Crippen molar-refractivity contribution in [2.45, 2.75) is 26.2 Å². The highest BCUT2D eigenvalue weighted by Crippen LogP contribution is 2.20. The molecule has 2 rings (SSSR count). The fourth-order valence-electron chi connectivity index (χ4n) is 1.58. The third-order valence-electron chi connectivity index (χ3n) is 2.47. The maximum absolute atomic E-state index is 4.55. The predicted octanol–water partition coefficient (Wildman–Crippen LogP) is 0.967. The Morgan fingerprint density at radius 1 is 1.50 bits per heavy atom. The maximum Gasteiger partial charge on any atom is 0.106 e. The van der Waals surface area contributed by atoms with Gasteiger partial charge < -0.3 is 10.3 Å². The van der Waals surface area contributed by atoms with Gasteiger partial charge in [-0.2, -0.15) is 0 Å². The first-order chi connectivity index (χ1) is 5.81. The summed E-state index contributed by atoms with van der Waals surface area (Å²) in [5.74, 6) is 1.77. The Morgan fingerprint density at radius 2 is 2.25 bits per heavy atom. The lowest BCUT2D eigenvalue weighted by molar-refractivity contribution is 0.439. The zero-order valence-electron chi connectivity index (χ0n) is 7.65. The molecule has 3 nitrogen and oxygen atoms in total. The molecule has 1 aliphatic heterocycles. The lowest BCUT2D eigenvalue weighted by Crippen LogP contribution is -2.40. The van der Waals surface area contributed by atoms with Crippen LogP contribution in [0.2, 0.25) is 0 Å². The van der Waals surface area contributed by atoms with Gasteiger partial charge in [-0.25, -0.2) is 4.98 Å². The molecule has 2 heterocycles. The highest BCUT2D eigenvalue weighted by atomic mass is 15.0. The molecule has 0 aliphatic carbocycles. The van der Waals surface area contributed by atoms with Crippen LogP contribution < -0.4 is 5.32 Å². The Labute approximate surface area is 72.6 Å². The molecule has 1 aromatic heterocycles. The van der Waals surface area contributed by atoms with Crippen molar-refractivity contribution in [3.63, 3.8) is 0 Å². The Balaban J connectivity index is 2.23. The first kappa shape index (κ1) is 7.80. The van der Waals surface area contributed by atoms with Crippen LogP contribution in [-0.4, -0.2) is 23.1 Å². The smallest absolute Gasteiger partial charge is 0.106 e. The second kappa shape index (κ2) is 2.90. The van der Waals surface area contributed by atoms with E-state index in [9.17, 15) is 0 Å². The molecule has 0 radical (unpaired) electrons. The topological polar surface area (TPSA) is 40.7 Å². The summed E-state index contributed by atoms with van der Waals surface area (Å²) in [5.41, 5.74) is 2.52. The summed E-state index contributed by atoms with van der Waals surface area (Å²) in [5, 5.41) is 3.26. The van der Waals surface area contributed by atoms with Crippen molar-refractivity contribution in [1.82, 2.24) is 15.3 Å². The predicted molar refractivity (Wildman–Crippen MR) is 48.3 cm³/mol. The minimum atomic E-state index is 0.654. The Morgan fingerprint density at radius 3 is 2.67 bits per heavy atom. The standard InChI is InChI=1S/C9H15N3/c1-3-8-11-6(2)9(12-8)7-4-10-5-7/h7,10H,3-5H2,1-2H3,(H,11,12). The van der Waals surface area contributed by atoms with Crippen LogP contribution in [0, 0.1) is 6.92 Å². The van der Waals surface area contributed by atoms with Gasteiger partial charge in [-0.3, -0.25) is 0 Å². The molecule has 0 unspecified atom stereocenters. The third-order valence-corrected chi connectivity index (χ3v) is 2.47. The summed E-state index contributed by atoms with van der Waals surface area (Å²) in [6, 6.07) is 0. The molecule has 1 fully saturated rings. The second-order valence-electron chi connectivity index (χ2n) is 3.40. The summed E-state index contributed by atoms with van der Waals surface area (Å²) >= 11 is 0. The van der Waals surface area contributed by atoms with Crippen LogP contribution in [0.3, 0.4) is 0 Å². The van der Waals surface area contributed by atoms with Crippen molar-refractivity contribution in [1.29, 1.82) is 0 Å². The van der Waals surface area contributed by atoms with E-state index in [4.69, 9.17) is 0 Å². The fraction of sp³-hybridized carbons (Fsp3) is 0.667. The zero-order valence-corrected chi connectivity index (χ0v) is 7.65. The quantitative estimate of drug-likeness (QED) is 0.685. The Kier molecular flexibility index (Phi) is 1.89. The molecule has 0 atom stereocenters. The Hall–Kier alpha value is -0.830. The molecule has 66 valence electrons. The summed E-state index contributed by atoms with van der Waals surface area (Å²) in [7, 11) is 0. The first-order valence-corrected chi connectivity index (χ1v) is 4.57. The number of aryl methyl sites for hydroxylation is 2. The van der Waals surface area contributed by atoms with Gasteiger partial charge in [-0.05, 0) is 6.92 Å². The fourth-order valence-corrected chi connectivity index (χ4v) is 1.58. The van der Waals surface area contributed by atoms with Gasteiger partial charge in [0.05, 0.1) is 5.69 Å². The van der Waals surface area contributed by atoms with Gasteiger partial charge in [-0.15, -0.1) is 0 Å². The average molecular weight is 165 g/mol. The van der Waals surface area contributed by atoms with Crippen LogP contribution in [0.1, 0.15) is 30.1 Å². The molecule has 0 saturated carbocycles. The molecule has 3 heteroatoms. The highest BCUT2D eigenvalue weighted by Gasteiger charge is 2.23. The summed E-state index contributed by atoms with van der Waals surface area (Å²) in [6.07, 6.45) is 1.00. The highest BCUT2D eigenvalue weighted by molar-refractivity contribution is 5.20. The molecule has 0 spiro atoms. The van der Waals surface area contributed by atoms with Crippen LogP contribution in [0.15, 0.2) is 0 Å². The van der Waals surface area contributed by atoms with E-state index in [0.29, 0.717) is 5.92 Å². The van der Waals surface area contributed by atoms with Gasteiger partial charge in [-0.1, -0.05) is 6.92 Å². The molecule has 0 amide bonds. The van der Waals surface area contributed by atoms with E-state index >= 15 is 0 Å². The van der Waals surface area contributed by atoms with E-state index in [1.165, 1.54) is 11.4 Å². The summed E-state index contributed by atoms with van der Waals surface area (Å²) in [4.78, 5) is 7.86. The molecule has 1 saturated heterocycles. The number of hydrogen-bond acceptors (Lipinski definition) is 2. The molecule has 12 heavy (non-hydrogen) atoms. The maximum atomic E-state index is 4.55. The molecule has 1 aromatic rings. The van der Waals surface area contributed by atoms with Crippen LogP contribution in [-0.2, 0) is 6.42 Å². The van der Waals surface area contributed by atoms with E-state index in [2.05, 4.69) is 29.1 Å². The second-order valence-corrected chi connectivity index (χ2v) is 3.40. The number of H-pyrrole nitrogens is 1. The van der Waals surface area contributed by atoms with Gasteiger partial charge in [0.1, 0.15) is 5.82 Å². The zero-order chi connectivity index (χ0) is 8.55. The molecule has 0 bridgehead atoms. The monoisotopic (exact) mass is 165 g/mol. The van der Waals surface area contributed by atoms with Gasteiger partial charge >= 0.3 is 0 Å². The molecule has 2 N–H and O–H groups in total. The minimum Gasteiger partial charge on any atom is -0.346 e. The van der Waals surface area contributed by atoms with E-state index in [1.54, 1.807) is 0 Å². The van der Waals surface area contributed by atoms with Gasteiger partial charge in [0.25, 0.3) is 0 Å². The molecule has 1 aliphatic rings. The number of nitrogens with one attached hydrogen (secondary N) is 2. The van der Waals surface area contributed by atoms with Crippen LogP contribution in [0.4, 0.5) is 0 Å². The minimum absolute atomic E-state index is 0.654. The molecular formula is C9H15N3. The normalized spacial score (nSPS) is 17.8. The van der Waals surface area contributed by atoms with Crippen molar-refractivity contribution in [2.75, 3.05) is 13.1 Å². The van der Waals surface area contributed by atoms with E-state index in [0.717, 1.165) is 25.3 Å². The summed E-state index contributed by atoms with van der Waals surface area (Å²) < 4.78 is 0. The van der Waals surface area contributed by atoms with Crippen molar-refractivity contribution in [3.8, 4) is 0 Å². The number of aromatic nitrogens is 2. The number of nitrogens with zero attached hydrogens (tertiary/aromatic N) is 1. The number of aromatic amines is 1. The van der Waals surface area contributed by atoms with Crippen LogP contribution in [0.5, 0.6) is 0 Å². The number of hydrogen-bond donors (Lipinski definition) is 2. The van der Waals surface area contributed by atoms with Gasteiger partial charge in [0.2, 0.25) is 0 Å². The van der Waals surface area contributed by atoms with Crippen molar-refractivity contribution in [2.24, 2.45) is 0 Å². The number of imidazole rings is 1. The van der Waals surface area contributed by atoms with Crippen LogP contribution >= 0.6 is 0 Å². The Bertz CT molecular complexity index is 273. The van der Waals surface area contributed by atoms with E-state index < -0.39 is 0 Å². The first-order valence-electron chi connectivity index (χ1n) is 4.57. The lowest BCUT2D eigenvalue weighted by atomic mass is 9.98. The molecular weight excluding hydrogens is 150 g/mol.